The fourth-order valence-electron chi connectivity index (χ4n) is 1.87. The second kappa shape index (κ2) is 4.58. The summed E-state index contributed by atoms with van der Waals surface area (Å²) in [5.74, 6) is 0.967. The van der Waals surface area contributed by atoms with Crippen molar-refractivity contribution < 1.29 is 0 Å². The van der Waals surface area contributed by atoms with Gasteiger partial charge in [-0.25, -0.2) is 0 Å². The molecule has 0 spiro atoms. The van der Waals surface area contributed by atoms with Gasteiger partial charge in [-0.1, -0.05) is 45.0 Å². The summed E-state index contributed by atoms with van der Waals surface area (Å²) in [4.78, 5) is 0. The molecule has 0 saturated heterocycles. The van der Waals surface area contributed by atoms with Crippen LogP contribution in [0.4, 0.5) is 0 Å². The summed E-state index contributed by atoms with van der Waals surface area (Å²) in [6.45, 7) is 8.98. The maximum Gasteiger partial charge on any atom is 0.0205 e. The highest BCUT2D eigenvalue weighted by molar-refractivity contribution is 5.27. The first-order valence-electron chi connectivity index (χ1n) is 6.36. The van der Waals surface area contributed by atoms with Crippen LogP contribution in [-0.4, -0.2) is 6.54 Å². The van der Waals surface area contributed by atoms with E-state index < -0.39 is 0 Å². The summed E-state index contributed by atoms with van der Waals surface area (Å²) >= 11 is 0. The minimum atomic E-state index is 0.264. The Hall–Kier alpha value is -0.820. The van der Waals surface area contributed by atoms with Crippen LogP contribution in [-0.2, 0) is 12.0 Å². The van der Waals surface area contributed by atoms with Gasteiger partial charge in [0.25, 0.3) is 0 Å². The SMILES string of the molecule is CC(C)(C)c1ccc(CNCC2CC2)cc1. The average Bonchev–Trinajstić information content (AvgIpc) is 3.01. The average molecular weight is 217 g/mol. The number of nitrogens with one attached hydrogen (secondary N) is 1. The molecule has 1 aromatic carbocycles. The first kappa shape index (κ1) is 11.7. The van der Waals surface area contributed by atoms with Crippen molar-refractivity contribution in [3.63, 3.8) is 0 Å². The predicted molar refractivity (Wildman–Crippen MR) is 69.6 cm³/mol. The zero-order chi connectivity index (χ0) is 11.6. The van der Waals surface area contributed by atoms with Gasteiger partial charge in [0.05, 0.1) is 0 Å². The normalized spacial score (nSPS) is 16.4. The molecule has 1 heteroatoms. The van der Waals surface area contributed by atoms with Crippen LogP contribution in [0.25, 0.3) is 0 Å². The quantitative estimate of drug-likeness (QED) is 0.814. The van der Waals surface area contributed by atoms with Crippen LogP contribution in [0.3, 0.4) is 0 Å². The maximum absolute atomic E-state index is 3.52. The van der Waals surface area contributed by atoms with Crippen molar-refractivity contribution in [2.75, 3.05) is 6.54 Å². The molecule has 0 aromatic heterocycles. The summed E-state index contributed by atoms with van der Waals surface area (Å²) in [5, 5.41) is 3.52. The summed E-state index contributed by atoms with van der Waals surface area (Å²) in [6, 6.07) is 9.02. The smallest absolute Gasteiger partial charge is 0.0205 e. The van der Waals surface area contributed by atoms with Gasteiger partial charge in [-0.3, -0.25) is 0 Å². The van der Waals surface area contributed by atoms with E-state index in [0.717, 1.165) is 12.5 Å². The van der Waals surface area contributed by atoms with Crippen molar-refractivity contribution >= 4 is 0 Å². The molecule has 0 bridgehead atoms. The van der Waals surface area contributed by atoms with Gasteiger partial charge in [-0.05, 0) is 41.8 Å². The molecule has 0 aliphatic heterocycles. The van der Waals surface area contributed by atoms with Gasteiger partial charge < -0.3 is 5.32 Å². The highest BCUT2D eigenvalue weighted by Gasteiger charge is 2.20. The van der Waals surface area contributed by atoms with Crippen molar-refractivity contribution in [1.29, 1.82) is 0 Å². The molecule has 0 radical (unpaired) electrons. The third-order valence-electron chi connectivity index (χ3n) is 3.28. The third kappa shape index (κ3) is 3.34. The van der Waals surface area contributed by atoms with Crippen LogP contribution in [0.15, 0.2) is 24.3 Å². The van der Waals surface area contributed by atoms with Crippen LogP contribution in [0.1, 0.15) is 44.7 Å². The van der Waals surface area contributed by atoms with Crippen molar-refractivity contribution in [3.05, 3.63) is 35.4 Å². The second-order valence-electron chi connectivity index (χ2n) is 6.02. The Morgan fingerprint density at radius 1 is 1.12 bits per heavy atom. The minimum Gasteiger partial charge on any atom is -0.312 e. The Kier molecular flexibility index (Phi) is 3.34. The maximum atomic E-state index is 3.52. The summed E-state index contributed by atoms with van der Waals surface area (Å²) in [7, 11) is 0. The number of hydrogen-bond acceptors (Lipinski definition) is 1. The first-order chi connectivity index (χ1) is 7.55. The lowest BCUT2D eigenvalue weighted by Gasteiger charge is -2.19. The monoisotopic (exact) mass is 217 g/mol. The van der Waals surface area contributed by atoms with Crippen molar-refractivity contribution in [2.24, 2.45) is 5.92 Å². The van der Waals surface area contributed by atoms with E-state index in [2.05, 4.69) is 50.4 Å². The van der Waals surface area contributed by atoms with Crippen LogP contribution < -0.4 is 5.32 Å². The van der Waals surface area contributed by atoms with Gasteiger partial charge in [-0.2, -0.15) is 0 Å². The highest BCUT2D eigenvalue weighted by atomic mass is 14.9. The van der Waals surface area contributed by atoms with Gasteiger partial charge in [0.2, 0.25) is 0 Å². The Balaban J connectivity index is 1.85. The molecule has 1 saturated carbocycles. The lowest BCUT2D eigenvalue weighted by molar-refractivity contribution is 0.589. The third-order valence-corrected chi connectivity index (χ3v) is 3.28. The predicted octanol–water partition coefficient (Wildman–Crippen LogP) is 3.48. The molecule has 1 aromatic rings. The molecular formula is C15H23N. The van der Waals surface area contributed by atoms with E-state index in [9.17, 15) is 0 Å². The number of hydrogen-bond donors (Lipinski definition) is 1. The van der Waals surface area contributed by atoms with E-state index in [-0.39, 0.29) is 5.41 Å². The van der Waals surface area contributed by atoms with Gasteiger partial charge in [0, 0.05) is 6.54 Å². The van der Waals surface area contributed by atoms with Gasteiger partial charge in [0.1, 0.15) is 0 Å². The molecule has 16 heavy (non-hydrogen) atoms. The molecule has 1 aliphatic carbocycles. The molecule has 0 atom stereocenters. The van der Waals surface area contributed by atoms with E-state index in [4.69, 9.17) is 0 Å². The Morgan fingerprint density at radius 3 is 2.25 bits per heavy atom. The molecule has 1 aliphatic rings. The second-order valence-corrected chi connectivity index (χ2v) is 6.02. The largest absolute Gasteiger partial charge is 0.312 e. The molecule has 88 valence electrons. The Labute approximate surface area is 99.3 Å². The topological polar surface area (TPSA) is 12.0 Å². The first-order valence-corrected chi connectivity index (χ1v) is 6.36. The van der Waals surface area contributed by atoms with Crippen LogP contribution in [0.5, 0.6) is 0 Å². The molecule has 1 fully saturated rings. The summed E-state index contributed by atoms with van der Waals surface area (Å²) in [5.41, 5.74) is 3.08. The van der Waals surface area contributed by atoms with E-state index in [1.54, 1.807) is 0 Å². The standard InChI is InChI=1S/C15H23N/c1-15(2,3)14-8-6-13(7-9-14)11-16-10-12-4-5-12/h6-9,12,16H,4-5,10-11H2,1-3H3. The van der Waals surface area contributed by atoms with E-state index in [0.29, 0.717) is 0 Å². The van der Waals surface area contributed by atoms with Crippen LogP contribution >= 0.6 is 0 Å². The molecule has 2 rings (SSSR count). The van der Waals surface area contributed by atoms with E-state index in [1.807, 2.05) is 0 Å². The molecule has 0 unspecified atom stereocenters. The van der Waals surface area contributed by atoms with E-state index >= 15 is 0 Å². The van der Waals surface area contributed by atoms with E-state index in [1.165, 1.54) is 30.5 Å². The van der Waals surface area contributed by atoms with Crippen molar-refractivity contribution in [3.8, 4) is 0 Å². The van der Waals surface area contributed by atoms with Gasteiger partial charge >= 0.3 is 0 Å². The molecule has 1 N–H and O–H groups in total. The van der Waals surface area contributed by atoms with Gasteiger partial charge in [-0.15, -0.1) is 0 Å². The fourth-order valence-corrected chi connectivity index (χ4v) is 1.87. The number of benzene rings is 1. The van der Waals surface area contributed by atoms with Crippen molar-refractivity contribution in [2.45, 2.75) is 45.6 Å². The lowest BCUT2D eigenvalue weighted by Crippen LogP contribution is -2.16. The zero-order valence-electron chi connectivity index (χ0n) is 10.7. The Morgan fingerprint density at radius 2 is 1.75 bits per heavy atom. The van der Waals surface area contributed by atoms with Crippen LogP contribution in [0, 0.1) is 5.92 Å². The van der Waals surface area contributed by atoms with Crippen LogP contribution in [0.2, 0.25) is 0 Å². The highest BCUT2D eigenvalue weighted by Crippen LogP contribution is 2.27. The van der Waals surface area contributed by atoms with Gasteiger partial charge in [0.15, 0.2) is 0 Å². The van der Waals surface area contributed by atoms with Crippen molar-refractivity contribution in [1.82, 2.24) is 5.32 Å². The minimum absolute atomic E-state index is 0.264. The lowest BCUT2D eigenvalue weighted by atomic mass is 9.87. The summed E-state index contributed by atoms with van der Waals surface area (Å²) < 4.78 is 0. The zero-order valence-corrected chi connectivity index (χ0v) is 10.7. The Bertz CT molecular complexity index is 327. The molecular weight excluding hydrogens is 194 g/mol. The molecule has 0 amide bonds. The summed E-state index contributed by atoms with van der Waals surface area (Å²) in [6.07, 6.45) is 2.85. The fraction of sp³-hybridized carbons (Fsp3) is 0.600. The molecule has 1 nitrogen and oxygen atoms in total. The molecule has 0 heterocycles. The number of rotatable bonds is 4.